The van der Waals surface area contributed by atoms with E-state index in [0.717, 1.165) is 33.8 Å². The Balaban J connectivity index is 1.62. The number of ether oxygens (including phenoxy) is 1. The number of fused-ring (bicyclic) bond motifs is 1. The fourth-order valence-corrected chi connectivity index (χ4v) is 6.36. The lowest BCUT2D eigenvalue weighted by Crippen LogP contribution is -2.28. The zero-order chi connectivity index (χ0) is 24.5. The molecule has 1 N–H and O–H groups in total. The van der Waals surface area contributed by atoms with E-state index in [9.17, 15) is 13.2 Å². The Morgan fingerprint density at radius 2 is 1.82 bits per heavy atom. The van der Waals surface area contributed by atoms with E-state index in [2.05, 4.69) is 4.72 Å². The minimum Gasteiger partial charge on any atom is -0.496 e. The van der Waals surface area contributed by atoms with Gasteiger partial charge in [0.25, 0.3) is 0 Å². The summed E-state index contributed by atoms with van der Waals surface area (Å²) in [6.07, 6.45) is 0.581. The molecule has 4 aromatic rings. The molecule has 3 aromatic carbocycles. The molecular formula is C25H25ClN2O4S2. The van der Waals surface area contributed by atoms with E-state index in [-0.39, 0.29) is 9.77 Å². The molecule has 0 fully saturated rings. The van der Waals surface area contributed by atoms with Crippen LogP contribution in [0.5, 0.6) is 5.75 Å². The molecule has 9 heteroatoms. The Kier molecular flexibility index (Phi) is 7.14. The molecule has 0 aliphatic rings. The molecule has 178 valence electrons. The average Bonchev–Trinajstić information content (AvgIpc) is 3.13. The number of aryl methyl sites for hydroxylation is 1. The van der Waals surface area contributed by atoms with Crippen molar-refractivity contribution < 1.29 is 13.2 Å². The van der Waals surface area contributed by atoms with Crippen molar-refractivity contribution in [1.82, 2.24) is 9.29 Å². The minimum absolute atomic E-state index is 0.128. The molecule has 1 atom stereocenters. The molecule has 0 spiro atoms. The van der Waals surface area contributed by atoms with E-state index in [1.165, 1.54) is 0 Å². The van der Waals surface area contributed by atoms with E-state index in [1.54, 1.807) is 42.0 Å². The van der Waals surface area contributed by atoms with Crippen LogP contribution in [-0.2, 0) is 16.6 Å². The summed E-state index contributed by atoms with van der Waals surface area (Å²) in [5.74, 6) is 0.755. The van der Waals surface area contributed by atoms with Gasteiger partial charge in [-0.05, 0) is 66.4 Å². The lowest BCUT2D eigenvalue weighted by molar-refractivity contribution is 0.411. The fraction of sp³-hybridized carbons (Fsp3) is 0.240. The highest BCUT2D eigenvalue weighted by molar-refractivity contribution is 7.89. The smallest absolute Gasteiger partial charge is 0.308 e. The summed E-state index contributed by atoms with van der Waals surface area (Å²) in [5.41, 5.74) is 3.43. The Bertz CT molecular complexity index is 1490. The lowest BCUT2D eigenvalue weighted by Gasteiger charge is -2.19. The highest BCUT2D eigenvalue weighted by atomic mass is 35.5. The van der Waals surface area contributed by atoms with E-state index in [4.69, 9.17) is 16.3 Å². The Morgan fingerprint density at radius 3 is 2.47 bits per heavy atom. The van der Waals surface area contributed by atoms with Crippen LogP contribution < -0.4 is 14.3 Å². The van der Waals surface area contributed by atoms with Crippen LogP contribution in [0.4, 0.5) is 0 Å². The number of nitrogens with one attached hydrogen (secondary N) is 1. The van der Waals surface area contributed by atoms with E-state index < -0.39 is 16.1 Å². The Morgan fingerprint density at radius 1 is 1.09 bits per heavy atom. The first-order valence-electron chi connectivity index (χ1n) is 10.8. The summed E-state index contributed by atoms with van der Waals surface area (Å²) in [7, 11) is -2.20. The standard InChI is InChI=1S/C25H25ClN2O4S2/c1-4-21(18-7-12-23(32-3)16(2)13-18)27-34(30,31)20-10-11-22-24(14-20)33-25(29)28(22)15-17-5-8-19(26)9-6-17/h5-14,21,27H,4,15H2,1-3H3/t21-/m0/s1. The van der Waals surface area contributed by atoms with E-state index in [1.807, 2.05) is 44.2 Å². The van der Waals surface area contributed by atoms with Gasteiger partial charge in [0.05, 0.1) is 28.8 Å². The molecule has 0 aliphatic heterocycles. The number of sulfonamides is 1. The maximum absolute atomic E-state index is 13.2. The molecule has 0 saturated heterocycles. The van der Waals surface area contributed by atoms with Gasteiger partial charge in [-0.3, -0.25) is 9.36 Å². The molecule has 1 heterocycles. The van der Waals surface area contributed by atoms with E-state index in [0.29, 0.717) is 28.2 Å². The van der Waals surface area contributed by atoms with Crippen LogP contribution in [-0.4, -0.2) is 20.1 Å². The zero-order valence-corrected chi connectivity index (χ0v) is 21.4. The third-order valence-electron chi connectivity index (χ3n) is 5.73. The van der Waals surface area contributed by atoms with Crippen molar-refractivity contribution in [2.45, 2.75) is 37.8 Å². The van der Waals surface area contributed by atoms with Gasteiger partial charge in [-0.1, -0.05) is 54.1 Å². The monoisotopic (exact) mass is 516 g/mol. The number of rotatable bonds is 8. The number of aromatic nitrogens is 1. The van der Waals surface area contributed by atoms with Crippen molar-refractivity contribution >= 4 is 43.2 Å². The summed E-state index contributed by atoms with van der Waals surface area (Å²) < 4.78 is 36.8. The number of thiazole rings is 1. The van der Waals surface area contributed by atoms with E-state index >= 15 is 0 Å². The topological polar surface area (TPSA) is 77.4 Å². The third-order valence-corrected chi connectivity index (χ3v) is 8.39. The first kappa shape index (κ1) is 24.5. The highest BCUT2D eigenvalue weighted by Crippen LogP contribution is 2.27. The molecule has 0 unspecified atom stereocenters. The second-order valence-electron chi connectivity index (χ2n) is 8.02. The van der Waals surface area contributed by atoms with Gasteiger partial charge in [0.15, 0.2) is 0 Å². The maximum atomic E-state index is 13.2. The molecule has 0 amide bonds. The fourth-order valence-electron chi connectivity index (χ4n) is 3.90. The van der Waals surface area contributed by atoms with Gasteiger partial charge in [0.2, 0.25) is 10.0 Å². The van der Waals surface area contributed by atoms with Crippen LogP contribution in [0.15, 0.2) is 70.4 Å². The van der Waals surface area contributed by atoms with Crippen molar-refractivity contribution in [1.29, 1.82) is 0 Å². The number of methoxy groups -OCH3 is 1. The van der Waals surface area contributed by atoms with Crippen LogP contribution in [0, 0.1) is 6.92 Å². The summed E-state index contributed by atoms with van der Waals surface area (Å²) >= 11 is 6.99. The summed E-state index contributed by atoms with van der Waals surface area (Å²) in [6.45, 7) is 4.24. The van der Waals surface area contributed by atoms with Crippen molar-refractivity contribution in [3.63, 3.8) is 0 Å². The van der Waals surface area contributed by atoms with Crippen LogP contribution in [0.25, 0.3) is 10.2 Å². The van der Waals surface area contributed by atoms with Crippen LogP contribution in [0.3, 0.4) is 0 Å². The number of nitrogens with zero attached hydrogens (tertiary/aromatic N) is 1. The third kappa shape index (κ3) is 5.05. The van der Waals surface area contributed by atoms with Crippen molar-refractivity contribution in [3.05, 3.63) is 92.0 Å². The van der Waals surface area contributed by atoms with Crippen molar-refractivity contribution in [3.8, 4) is 5.75 Å². The van der Waals surface area contributed by atoms with Gasteiger partial charge in [-0.2, -0.15) is 0 Å². The maximum Gasteiger partial charge on any atom is 0.308 e. The van der Waals surface area contributed by atoms with Gasteiger partial charge in [0, 0.05) is 11.1 Å². The molecule has 0 radical (unpaired) electrons. The summed E-state index contributed by atoms with van der Waals surface area (Å²) in [6, 6.07) is 17.3. The molecule has 0 bridgehead atoms. The van der Waals surface area contributed by atoms with Gasteiger partial charge < -0.3 is 4.74 Å². The first-order chi connectivity index (χ1) is 16.2. The first-order valence-corrected chi connectivity index (χ1v) is 13.4. The zero-order valence-electron chi connectivity index (χ0n) is 19.0. The summed E-state index contributed by atoms with van der Waals surface area (Å²) in [4.78, 5) is 12.6. The Labute approximate surface area is 207 Å². The van der Waals surface area contributed by atoms with Gasteiger partial charge in [0.1, 0.15) is 5.75 Å². The molecule has 1 aromatic heterocycles. The number of hydrogen-bond donors (Lipinski definition) is 1. The van der Waals surface area contributed by atoms with Gasteiger partial charge in [-0.25, -0.2) is 13.1 Å². The Hall–Kier alpha value is -2.65. The molecule has 4 rings (SSSR count). The largest absolute Gasteiger partial charge is 0.496 e. The molecular weight excluding hydrogens is 492 g/mol. The van der Waals surface area contributed by atoms with Gasteiger partial charge >= 0.3 is 4.87 Å². The second-order valence-corrected chi connectivity index (χ2v) is 11.2. The number of benzene rings is 3. The van der Waals surface area contributed by atoms with Crippen LogP contribution in [0.1, 0.15) is 36.1 Å². The molecule has 0 saturated carbocycles. The van der Waals surface area contributed by atoms with Crippen molar-refractivity contribution in [2.75, 3.05) is 7.11 Å². The number of halogens is 1. The SMILES string of the molecule is CC[C@H](NS(=O)(=O)c1ccc2c(c1)sc(=O)n2Cc1ccc(Cl)cc1)c1ccc(OC)c(C)c1. The van der Waals surface area contributed by atoms with Crippen molar-refractivity contribution in [2.24, 2.45) is 0 Å². The van der Waals surface area contributed by atoms with Crippen LogP contribution in [0.2, 0.25) is 5.02 Å². The quantitative estimate of drug-likeness (QED) is 0.335. The van der Waals surface area contributed by atoms with Crippen LogP contribution >= 0.6 is 22.9 Å². The molecule has 6 nitrogen and oxygen atoms in total. The molecule has 34 heavy (non-hydrogen) atoms. The second kappa shape index (κ2) is 9.92. The minimum atomic E-state index is -3.81. The summed E-state index contributed by atoms with van der Waals surface area (Å²) in [5, 5.41) is 0.629. The van der Waals surface area contributed by atoms with Gasteiger partial charge in [-0.15, -0.1) is 0 Å². The lowest BCUT2D eigenvalue weighted by atomic mass is 10.0. The number of hydrogen-bond acceptors (Lipinski definition) is 5. The normalized spacial score (nSPS) is 12.7. The predicted molar refractivity (Wildman–Crippen MR) is 138 cm³/mol. The molecule has 0 aliphatic carbocycles. The highest BCUT2D eigenvalue weighted by Gasteiger charge is 2.22. The predicted octanol–water partition coefficient (Wildman–Crippen LogP) is 5.51. The average molecular weight is 517 g/mol.